The van der Waals surface area contributed by atoms with Crippen LogP contribution in [0.2, 0.25) is 0 Å². The van der Waals surface area contributed by atoms with Gasteiger partial charge in [0.1, 0.15) is 11.4 Å². The van der Waals surface area contributed by atoms with Gasteiger partial charge in [-0.2, -0.15) is 0 Å². The predicted molar refractivity (Wildman–Crippen MR) is 123 cm³/mol. The van der Waals surface area contributed by atoms with Crippen molar-refractivity contribution in [3.8, 4) is 0 Å². The lowest BCUT2D eigenvalue weighted by Gasteiger charge is -2.24. The molecule has 0 bridgehead atoms. The Kier molecular flexibility index (Phi) is 4.82. The minimum absolute atomic E-state index is 0.00158. The zero-order valence-corrected chi connectivity index (χ0v) is 18.3. The Morgan fingerprint density at radius 3 is 2.42 bits per heavy atom. The molecule has 2 aromatic heterocycles. The average Bonchev–Trinajstić information content (AvgIpc) is 3.11. The Balaban J connectivity index is 1.77. The third-order valence-electron chi connectivity index (χ3n) is 5.82. The molecule has 164 valence electrons. The number of anilines is 1. The van der Waals surface area contributed by atoms with E-state index >= 15 is 0 Å². The van der Waals surface area contributed by atoms with Gasteiger partial charge in [-0.15, -0.1) is 0 Å². The van der Waals surface area contributed by atoms with Gasteiger partial charge in [0.2, 0.25) is 5.76 Å². The Bertz CT molecular complexity index is 1490. The van der Waals surface area contributed by atoms with E-state index in [0.717, 1.165) is 11.1 Å². The van der Waals surface area contributed by atoms with Crippen LogP contribution in [0.15, 0.2) is 70.0 Å². The molecule has 7 heteroatoms. The van der Waals surface area contributed by atoms with Crippen LogP contribution in [-0.4, -0.2) is 24.0 Å². The Hall–Kier alpha value is -4.26. The van der Waals surface area contributed by atoms with E-state index < -0.39 is 17.9 Å². The van der Waals surface area contributed by atoms with Crippen LogP contribution in [0.3, 0.4) is 0 Å². The summed E-state index contributed by atoms with van der Waals surface area (Å²) in [5, 5.41) is 0.414. The number of carbonyl (C=O) groups excluding carboxylic acids is 2. The number of aromatic nitrogens is 1. The summed E-state index contributed by atoms with van der Waals surface area (Å²) in [5.41, 5.74) is 3.20. The Labute approximate surface area is 189 Å². The second-order valence-corrected chi connectivity index (χ2v) is 8.06. The number of ether oxygens (including phenoxy) is 1. The van der Waals surface area contributed by atoms with Crippen molar-refractivity contribution in [1.29, 1.82) is 0 Å². The van der Waals surface area contributed by atoms with Gasteiger partial charge in [0, 0.05) is 6.20 Å². The number of amides is 1. The largest absolute Gasteiger partial charge is 0.465 e. The molecule has 0 N–H and O–H groups in total. The van der Waals surface area contributed by atoms with Crippen LogP contribution < -0.4 is 10.3 Å². The molecule has 1 aliphatic rings. The molecular weight excluding hydrogens is 420 g/mol. The lowest BCUT2D eigenvalue weighted by molar-refractivity contribution is 0.0600. The van der Waals surface area contributed by atoms with Crippen molar-refractivity contribution in [2.45, 2.75) is 19.9 Å². The molecule has 1 atom stereocenters. The van der Waals surface area contributed by atoms with E-state index in [1.165, 1.54) is 12.0 Å². The van der Waals surface area contributed by atoms with Gasteiger partial charge < -0.3 is 9.15 Å². The molecular formula is C26H20N2O5. The first-order chi connectivity index (χ1) is 15.9. The highest BCUT2D eigenvalue weighted by Crippen LogP contribution is 2.40. The monoisotopic (exact) mass is 440 g/mol. The summed E-state index contributed by atoms with van der Waals surface area (Å²) in [6, 6.07) is 14.8. The maximum atomic E-state index is 13.6. The highest BCUT2D eigenvalue weighted by molar-refractivity contribution is 6.10. The van der Waals surface area contributed by atoms with Crippen molar-refractivity contribution < 1.29 is 18.7 Å². The van der Waals surface area contributed by atoms with Gasteiger partial charge in [-0.25, -0.2) is 9.78 Å². The molecule has 0 spiro atoms. The maximum Gasteiger partial charge on any atom is 0.337 e. The summed E-state index contributed by atoms with van der Waals surface area (Å²) in [5.74, 6) is -0.498. The first kappa shape index (κ1) is 20.6. The second kappa shape index (κ2) is 7.70. The molecule has 0 saturated carbocycles. The van der Waals surface area contributed by atoms with Crippen molar-refractivity contribution in [2.75, 3.05) is 12.0 Å². The fraction of sp³-hybridized carbons (Fsp3) is 0.154. The minimum atomic E-state index is -0.755. The molecule has 4 aromatic rings. The molecule has 7 nitrogen and oxygen atoms in total. The quantitative estimate of drug-likeness (QED) is 0.440. The number of rotatable bonds is 3. The van der Waals surface area contributed by atoms with Gasteiger partial charge in [-0.05, 0) is 61.4 Å². The van der Waals surface area contributed by atoms with Crippen molar-refractivity contribution in [2.24, 2.45) is 0 Å². The van der Waals surface area contributed by atoms with Gasteiger partial charge >= 0.3 is 5.97 Å². The van der Waals surface area contributed by atoms with Gasteiger partial charge in [0.15, 0.2) is 5.43 Å². The van der Waals surface area contributed by atoms with E-state index in [1.807, 2.05) is 26.0 Å². The van der Waals surface area contributed by atoms with Gasteiger partial charge in [-0.1, -0.05) is 23.8 Å². The van der Waals surface area contributed by atoms with Crippen LogP contribution in [0.1, 0.15) is 49.2 Å². The van der Waals surface area contributed by atoms with Crippen LogP contribution >= 0.6 is 0 Å². The first-order valence-corrected chi connectivity index (χ1v) is 10.4. The number of aryl methyl sites for hydroxylation is 2. The zero-order valence-electron chi connectivity index (χ0n) is 18.3. The fourth-order valence-corrected chi connectivity index (χ4v) is 4.21. The molecule has 2 aromatic carbocycles. The van der Waals surface area contributed by atoms with Crippen molar-refractivity contribution in [1.82, 2.24) is 4.98 Å². The summed E-state index contributed by atoms with van der Waals surface area (Å²) in [7, 11) is 1.31. The number of fused-ring (bicyclic) bond motifs is 2. The molecule has 5 rings (SSSR count). The fourth-order valence-electron chi connectivity index (χ4n) is 4.21. The van der Waals surface area contributed by atoms with E-state index in [9.17, 15) is 14.4 Å². The predicted octanol–water partition coefficient (Wildman–Crippen LogP) is 4.34. The summed E-state index contributed by atoms with van der Waals surface area (Å²) in [4.78, 5) is 44.9. The number of nitrogens with zero attached hydrogens (tertiary/aromatic N) is 2. The molecule has 33 heavy (non-hydrogen) atoms. The number of benzene rings is 2. The third-order valence-corrected chi connectivity index (χ3v) is 5.82. The van der Waals surface area contributed by atoms with E-state index in [4.69, 9.17) is 9.15 Å². The molecule has 1 aliphatic heterocycles. The van der Waals surface area contributed by atoms with Crippen molar-refractivity contribution >= 4 is 28.7 Å². The smallest absolute Gasteiger partial charge is 0.337 e. The highest BCUT2D eigenvalue weighted by Gasteiger charge is 2.44. The summed E-state index contributed by atoms with van der Waals surface area (Å²) >= 11 is 0. The number of pyridine rings is 1. The molecule has 0 aliphatic carbocycles. The third kappa shape index (κ3) is 3.29. The number of hydrogen-bond donors (Lipinski definition) is 0. The van der Waals surface area contributed by atoms with Crippen LogP contribution in [0.5, 0.6) is 0 Å². The normalized spacial score (nSPS) is 15.1. The van der Waals surface area contributed by atoms with Crippen molar-refractivity contribution in [3.63, 3.8) is 0 Å². The molecule has 1 amide bonds. The van der Waals surface area contributed by atoms with Gasteiger partial charge in [-0.3, -0.25) is 14.5 Å². The van der Waals surface area contributed by atoms with Crippen LogP contribution in [0, 0.1) is 13.8 Å². The number of hydrogen-bond acceptors (Lipinski definition) is 6. The van der Waals surface area contributed by atoms with E-state index in [2.05, 4.69) is 4.98 Å². The second-order valence-electron chi connectivity index (χ2n) is 8.06. The summed E-state index contributed by atoms with van der Waals surface area (Å²) in [6.07, 6.45) is 1.62. The molecule has 0 radical (unpaired) electrons. The highest BCUT2D eigenvalue weighted by atomic mass is 16.5. The summed E-state index contributed by atoms with van der Waals surface area (Å²) in [6.45, 7) is 3.79. The average molecular weight is 440 g/mol. The first-order valence-electron chi connectivity index (χ1n) is 10.4. The number of methoxy groups -OCH3 is 1. The SMILES string of the molecule is COC(=O)c1ccc([C@@H]2c3c(oc4ccc(C)cc4c3=O)C(=O)N2c2cc(C)ccn2)cc1. The molecule has 0 fully saturated rings. The van der Waals surface area contributed by atoms with Crippen LogP contribution in [0.25, 0.3) is 11.0 Å². The van der Waals surface area contributed by atoms with Crippen LogP contribution in [-0.2, 0) is 4.74 Å². The number of carbonyl (C=O) groups is 2. The van der Waals surface area contributed by atoms with E-state index in [-0.39, 0.29) is 16.8 Å². The topological polar surface area (TPSA) is 89.7 Å². The summed E-state index contributed by atoms with van der Waals surface area (Å²) < 4.78 is 10.8. The minimum Gasteiger partial charge on any atom is -0.465 e. The van der Waals surface area contributed by atoms with Crippen LogP contribution in [0.4, 0.5) is 5.82 Å². The Morgan fingerprint density at radius 2 is 1.73 bits per heavy atom. The lowest BCUT2D eigenvalue weighted by Crippen LogP contribution is -2.30. The molecule has 0 saturated heterocycles. The molecule has 0 unspecified atom stereocenters. The maximum absolute atomic E-state index is 13.6. The standard InChI is InChI=1S/C26H20N2O5/c1-14-4-9-19-18(12-14)23(29)21-22(16-5-7-17(8-6-16)26(31)32-3)28(25(30)24(21)33-19)20-13-15(2)10-11-27-20/h4-13,22H,1-3H3/t22-/m1/s1. The Morgan fingerprint density at radius 1 is 1.00 bits per heavy atom. The van der Waals surface area contributed by atoms with Gasteiger partial charge in [0.25, 0.3) is 5.91 Å². The lowest BCUT2D eigenvalue weighted by atomic mass is 9.97. The van der Waals surface area contributed by atoms with Crippen molar-refractivity contribution in [3.05, 3.63) is 105 Å². The number of esters is 1. The van der Waals surface area contributed by atoms with Gasteiger partial charge in [0.05, 0.1) is 29.7 Å². The zero-order chi connectivity index (χ0) is 23.3. The van der Waals surface area contributed by atoms with E-state index in [0.29, 0.717) is 27.9 Å². The van der Waals surface area contributed by atoms with E-state index in [1.54, 1.807) is 48.7 Å². The molecule has 3 heterocycles.